The number of rotatable bonds is 1. The minimum atomic E-state index is 0.602. The molecule has 0 unspecified atom stereocenters. The summed E-state index contributed by atoms with van der Waals surface area (Å²) in [4.78, 5) is 4.11. The maximum absolute atomic E-state index is 8.70. The smallest absolute Gasteiger partial charge is 0.154 e. The number of imidazole rings is 1. The van der Waals surface area contributed by atoms with Crippen LogP contribution in [-0.4, -0.2) is 9.55 Å². The summed E-state index contributed by atoms with van der Waals surface area (Å²) in [5.41, 5.74) is 0.602. The first-order chi connectivity index (χ1) is 5.20. The monoisotopic (exact) mass is 213 g/mol. The molecule has 0 saturated heterocycles. The molecule has 0 fully saturated rings. The van der Waals surface area contributed by atoms with Crippen molar-refractivity contribution in [1.29, 1.82) is 5.26 Å². The minimum absolute atomic E-state index is 0.602. The summed E-state index contributed by atoms with van der Waals surface area (Å²) in [6, 6.07) is 2.09. The molecule has 1 rings (SSSR count). The summed E-state index contributed by atoms with van der Waals surface area (Å²) in [5.74, 6) is 0.871. The number of aryl methyl sites for hydroxylation is 1. The maximum Gasteiger partial charge on any atom is 0.154 e. The van der Waals surface area contributed by atoms with Crippen molar-refractivity contribution in [2.24, 2.45) is 0 Å². The molecule has 3 nitrogen and oxygen atoms in total. The molecule has 1 aromatic rings. The molecule has 0 aliphatic rings. The normalized spacial score (nSPS) is 9.64. The Bertz CT molecular complexity index is 308. The molecular weight excluding hydrogens is 206 g/mol. The lowest BCUT2D eigenvalue weighted by molar-refractivity contribution is 0.721. The molecule has 0 amide bonds. The molecule has 0 aliphatic carbocycles. The van der Waals surface area contributed by atoms with Gasteiger partial charge in [0, 0.05) is 6.54 Å². The van der Waals surface area contributed by atoms with Crippen molar-refractivity contribution in [2.45, 2.75) is 20.4 Å². The number of nitriles is 1. The Hall–Kier alpha value is -0.820. The fourth-order valence-corrected chi connectivity index (χ4v) is 1.58. The van der Waals surface area contributed by atoms with E-state index in [1.54, 1.807) is 0 Å². The van der Waals surface area contributed by atoms with Crippen LogP contribution in [0.15, 0.2) is 4.60 Å². The Balaban J connectivity index is 3.31. The highest BCUT2D eigenvalue weighted by Gasteiger charge is 2.09. The van der Waals surface area contributed by atoms with Crippen LogP contribution >= 0.6 is 15.9 Å². The molecule has 0 bridgehead atoms. The van der Waals surface area contributed by atoms with E-state index in [4.69, 9.17) is 5.26 Å². The summed E-state index contributed by atoms with van der Waals surface area (Å²) in [7, 11) is 0. The molecule has 58 valence electrons. The second-order valence-corrected chi connectivity index (χ2v) is 2.91. The molecule has 1 heterocycles. The van der Waals surface area contributed by atoms with Crippen LogP contribution in [0.4, 0.5) is 0 Å². The Morgan fingerprint density at radius 2 is 2.36 bits per heavy atom. The van der Waals surface area contributed by atoms with Gasteiger partial charge in [-0.1, -0.05) is 0 Å². The highest BCUT2D eigenvalue weighted by molar-refractivity contribution is 9.10. The van der Waals surface area contributed by atoms with Gasteiger partial charge in [-0.3, -0.25) is 0 Å². The van der Waals surface area contributed by atoms with E-state index in [0.29, 0.717) is 10.3 Å². The Morgan fingerprint density at radius 3 is 2.73 bits per heavy atom. The second kappa shape index (κ2) is 3.05. The van der Waals surface area contributed by atoms with Crippen LogP contribution in [0.25, 0.3) is 0 Å². The lowest BCUT2D eigenvalue weighted by atomic mass is 10.5. The van der Waals surface area contributed by atoms with E-state index in [0.717, 1.165) is 12.4 Å². The lowest BCUT2D eigenvalue weighted by Crippen LogP contribution is -1.99. The maximum atomic E-state index is 8.70. The average molecular weight is 214 g/mol. The van der Waals surface area contributed by atoms with Gasteiger partial charge in [0.05, 0.1) is 0 Å². The molecule has 0 N–H and O–H groups in total. The first kappa shape index (κ1) is 8.28. The Kier molecular flexibility index (Phi) is 2.30. The highest BCUT2D eigenvalue weighted by Crippen LogP contribution is 2.15. The molecule has 0 spiro atoms. The van der Waals surface area contributed by atoms with Crippen molar-refractivity contribution in [2.75, 3.05) is 0 Å². The average Bonchev–Trinajstić information content (AvgIpc) is 2.24. The number of halogens is 1. The number of hydrogen-bond donors (Lipinski definition) is 0. The SMILES string of the molecule is CCn1c(C)nc(Br)c1C#N. The van der Waals surface area contributed by atoms with Crippen LogP contribution in [0.5, 0.6) is 0 Å². The molecule has 11 heavy (non-hydrogen) atoms. The molecule has 0 radical (unpaired) electrons. The van der Waals surface area contributed by atoms with Gasteiger partial charge in [-0.05, 0) is 29.8 Å². The van der Waals surface area contributed by atoms with Crippen molar-refractivity contribution >= 4 is 15.9 Å². The van der Waals surface area contributed by atoms with Gasteiger partial charge < -0.3 is 4.57 Å². The summed E-state index contributed by atoms with van der Waals surface area (Å²) in [5, 5.41) is 8.70. The topological polar surface area (TPSA) is 41.6 Å². The van der Waals surface area contributed by atoms with Crippen LogP contribution in [0.3, 0.4) is 0 Å². The third kappa shape index (κ3) is 1.29. The van der Waals surface area contributed by atoms with E-state index < -0.39 is 0 Å². The van der Waals surface area contributed by atoms with Gasteiger partial charge >= 0.3 is 0 Å². The third-order valence-corrected chi connectivity index (χ3v) is 2.09. The quantitative estimate of drug-likeness (QED) is 0.715. The molecular formula is C7H8BrN3. The van der Waals surface area contributed by atoms with E-state index in [1.807, 2.05) is 18.4 Å². The summed E-state index contributed by atoms with van der Waals surface area (Å²) in [6.07, 6.45) is 0. The van der Waals surface area contributed by atoms with E-state index in [-0.39, 0.29) is 0 Å². The summed E-state index contributed by atoms with van der Waals surface area (Å²) < 4.78 is 2.50. The molecule has 0 saturated carbocycles. The van der Waals surface area contributed by atoms with Gasteiger partial charge in [-0.2, -0.15) is 5.26 Å². The number of hydrogen-bond acceptors (Lipinski definition) is 2. The molecule has 1 aromatic heterocycles. The van der Waals surface area contributed by atoms with E-state index in [2.05, 4.69) is 27.0 Å². The molecule has 0 aromatic carbocycles. The number of aromatic nitrogens is 2. The zero-order valence-corrected chi connectivity index (χ0v) is 8.01. The van der Waals surface area contributed by atoms with Gasteiger partial charge in [-0.25, -0.2) is 4.98 Å². The third-order valence-electron chi connectivity index (χ3n) is 1.54. The fraction of sp³-hybridized carbons (Fsp3) is 0.429. The highest BCUT2D eigenvalue weighted by atomic mass is 79.9. The van der Waals surface area contributed by atoms with Crippen molar-refractivity contribution in [1.82, 2.24) is 9.55 Å². The van der Waals surface area contributed by atoms with Crippen LogP contribution < -0.4 is 0 Å². The van der Waals surface area contributed by atoms with Crippen molar-refractivity contribution in [3.63, 3.8) is 0 Å². The van der Waals surface area contributed by atoms with Crippen LogP contribution in [0.1, 0.15) is 18.4 Å². The predicted octanol–water partition coefficient (Wildman–Crippen LogP) is 1.85. The van der Waals surface area contributed by atoms with Crippen LogP contribution in [0, 0.1) is 18.3 Å². The second-order valence-electron chi connectivity index (χ2n) is 2.15. The first-order valence-corrected chi connectivity index (χ1v) is 4.12. The first-order valence-electron chi connectivity index (χ1n) is 3.33. The summed E-state index contributed by atoms with van der Waals surface area (Å²) in [6.45, 7) is 4.66. The fourth-order valence-electron chi connectivity index (χ4n) is 1.02. The molecule has 0 atom stereocenters. The zero-order valence-electron chi connectivity index (χ0n) is 6.43. The van der Waals surface area contributed by atoms with Gasteiger partial charge in [0.2, 0.25) is 0 Å². The molecule has 4 heteroatoms. The van der Waals surface area contributed by atoms with Crippen LogP contribution in [0.2, 0.25) is 0 Å². The van der Waals surface area contributed by atoms with E-state index in [1.165, 1.54) is 0 Å². The van der Waals surface area contributed by atoms with Crippen molar-refractivity contribution < 1.29 is 0 Å². The Labute approximate surface area is 73.8 Å². The van der Waals surface area contributed by atoms with Crippen molar-refractivity contribution in [3.05, 3.63) is 16.1 Å². The van der Waals surface area contributed by atoms with Crippen LogP contribution in [-0.2, 0) is 6.54 Å². The number of nitrogens with zero attached hydrogens (tertiary/aromatic N) is 3. The lowest BCUT2D eigenvalue weighted by Gasteiger charge is -1.99. The molecule has 0 aliphatic heterocycles. The standard InChI is InChI=1S/C7H8BrN3/c1-3-11-5(2)10-7(8)6(11)4-9/h3H2,1-2H3. The van der Waals surface area contributed by atoms with Gasteiger partial charge in [0.25, 0.3) is 0 Å². The summed E-state index contributed by atoms with van der Waals surface area (Å²) >= 11 is 3.21. The largest absolute Gasteiger partial charge is 0.319 e. The van der Waals surface area contributed by atoms with E-state index >= 15 is 0 Å². The minimum Gasteiger partial charge on any atom is -0.319 e. The van der Waals surface area contributed by atoms with Gasteiger partial charge in [0.15, 0.2) is 5.69 Å². The van der Waals surface area contributed by atoms with Gasteiger partial charge in [0.1, 0.15) is 16.5 Å². The van der Waals surface area contributed by atoms with Gasteiger partial charge in [-0.15, -0.1) is 0 Å². The Morgan fingerprint density at radius 1 is 1.73 bits per heavy atom. The predicted molar refractivity (Wildman–Crippen MR) is 45.1 cm³/mol. The zero-order chi connectivity index (χ0) is 8.43. The van der Waals surface area contributed by atoms with E-state index in [9.17, 15) is 0 Å². The van der Waals surface area contributed by atoms with Crippen molar-refractivity contribution in [3.8, 4) is 6.07 Å².